The fourth-order valence-corrected chi connectivity index (χ4v) is 2.43. The molecular formula is C12H26N4. The molecule has 16 heavy (non-hydrogen) atoms. The van der Waals surface area contributed by atoms with Gasteiger partial charge in [0.2, 0.25) is 0 Å². The second kappa shape index (κ2) is 5.96. The highest BCUT2D eigenvalue weighted by atomic mass is 15.3. The zero-order chi connectivity index (χ0) is 11.4. The van der Waals surface area contributed by atoms with E-state index in [1.54, 1.807) is 0 Å². The van der Waals surface area contributed by atoms with Gasteiger partial charge in [-0.2, -0.15) is 0 Å². The smallest absolute Gasteiger partial charge is 0.0110 e. The van der Waals surface area contributed by atoms with Gasteiger partial charge in [-0.05, 0) is 14.1 Å². The standard InChI is InChI=1S/C12H26N4/c1-13-3-7-15-9-5-14(2)6-10-16(8-4-13)12-11-15/h3-12H2,1-2H3. The Morgan fingerprint density at radius 3 is 1.00 bits per heavy atom. The molecule has 0 aromatic rings. The number of fused-ring (bicyclic) bond motifs is 3. The van der Waals surface area contributed by atoms with Crippen LogP contribution < -0.4 is 0 Å². The fourth-order valence-electron chi connectivity index (χ4n) is 2.43. The van der Waals surface area contributed by atoms with E-state index in [4.69, 9.17) is 0 Å². The molecule has 2 saturated heterocycles. The monoisotopic (exact) mass is 226 g/mol. The first-order chi connectivity index (χ1) is 7.74. The summed E-state index contributed by atoms with van der Waals surface area (Å²) in [6, 6.07) is 0. The number of nitrogens with zero attached hydrogens (tertiary/aromatic N) is 4. The van der Waals surface area contributed by atoms with Crippen molar-refractivity contribution < 1.29 is 0 Å². The van der Waals surface area contributed by atoms with Crippen molar-refractivity contribution in [2.75, 3.05) is 79.5 Å². The van der Waals surface area contributed by atoms with Gasteiger partial charge in [0.1, 0.15) is 0 Å². The van der Waals surface area contributed by atoms with Crippen LogP contribution in [0.25, 0.3) is 0 Å². The highest BCUT2D eigenvalue weighted by Crippen LogP contribution is 2.02. The molecule has 0 aromatic heterocycles. The van der Waals surface area contributed by atoms with Crippen LogP contribution in [0.3, 0.4) is 0 Å². The van der Waals surface area contributed by atoms with Gasteiger partial charge in [0, 0.05) is 65.4 Å². The molecule has 4 nitrogen and oxygen atoms in total. The molecule has 0 radical (unpaired) electrons. The molecule has 0 N–H and O–H groups in total. The molecule has 4 heteroatoms. The molecular weight excluding hydrogens is 200 g/mol. The van der Waals surface area contributed by atoms with Crippen LogP contribution in [0.5, 0.6) is 0 Å². The summed E-state index contributed by atoms with van der Waals surface area (Å²) < 4.78 is 0. The van der Waals surface area contributed by atoms with Crippen molar-refractivity contribution in [2.24, 2.45) is 0 Å². The van der Waals surface area contributed by atoms with E-state index in [2.05, 4.69) is 33.7 Å². The van der Waals surface area contributed by atoms with E-state index in [1.807, 2.05) is 0 Å². The Morgan fingerprint density at radius 1 is 0.438 bits per heavy atom. The summed E-state index contributed by atoms with van der Waals surface area (Å²) in [5.41, 5.74) is 0. The molecule has 0 saturated carbocycles. The minimum Gasteiger partial charge on any atom is -0.304 e. The summed E-state index contributed by atoms with van der Waals surface area (Å²) in [6.07, 6.45) is 0. The average molecular weight is 226 g/mol. The molecule has 0 aliphatic carbocycles. The number of rotatable bonds is 0. The highest BCUT2D eigenvalue weighted by Gasteiger charge is 2.17. The minimum atomic E-state index is 1.22. The largest absolute Gasteiger partial charge is 0.304 e. The number of hydrogen-bond donors (Lipinski definition) is 0. The predicted octanol–water partition coefficient (Wildman–Crippen LogP) is -0.519. The third-order valence-corrected chi connectivity index (χ3v) is 3.92. The Balaban J connectivity index is 1.99. The van der Waals surface area contributed by atoms with Crippen molar-refractivity contribution in [1.82, 2.24) is 19.6 Å². The van der Waals surface area contributed by atoms with Crippen LogP contribution in [0.1, 0.15) is 0 Å². The molecule has 0 spiro atoms. The van der Waals surface area contributed by atoms with Crippen molar-refractivity contribution >= 4 is 0 Å². The van der Waals surface area contributed by atoms with Gasteiger partial charge >= 0.3 is 0 Å². The first-order valence-electron chi connectivity index (χ1n) is 6.56. The van der Waals surface area contributed by atoms with Gasteiger partial charge in [-0.3, -0.25) is 9.80 Å². The molecule has 0 atom stereocenters. The molecule has 2 aliphatic rings. The molecule has 2 bridgehead atoms. The second-order valence-electron chi connectivity index (χ2n) is 5.29. The van der Waals surface area contributed by atoms with Gasteiger partial charge in [-0.15, -0.1) is 0 Å². The number of hydrogen-bond acceptors (Lipinski definition) is 4. The van der Waals surface area contributed by atoms with Crippen LogP contribution in [0.2, 0.25) is 0 Å². The zero-order valence-electron chi connectivity index (χ0n) is 10.9. The Kier molecular flexibility index (Phi) is 4.58. The molecule has 0 aromatic carbocycles. The Bertz CT molecular complexity index is 171. The first kappa shape index (κ1) is 12.3. The SMILES string of the molecule is CN1CCN2CCN(C)CCN(CC1)CC2. The van der Waals surface area contributed by atoms with Crippen LogP contribution in [-0.4, -0.2) is 99.1 Å². The van der Waals surface area contributed by atoms with Gasteiger partial charge in [0.25, 0.3) is 0 Å². The molecule has 0 amide bonds. The molecule has 94 valence electrons. The maximum atomic E-state index is 2.62. The van der Waals surface area contributed by atoms with Crippen LogP contribution in [0.15, 0.2) is 0 Å². The molecule has 0 unspecified atom stereocenters. The molecule has 2 aliphatic heterocycles. The van der Waals surface area contributed by atoms with E-state index in [0.717, 1.165) is 0 Å². The quantitative estimate of drug-likeness (QED) is 0.551. The summed E-state index contributed by atoms with van der Waals surface area (Å²) in [5.74, 6) is 0. The normalized spacial score (nSPS) is 35.6. The van der Waals surface area contributed by atoms with Gasteiger partial charge in [0.15, 0.2) is 0 Å². The Labute approximate surface area is 99.8 Å². The summed E-state index contributed by atoms with van der Waals surface area (Å²) >= 11 is 0. The lowest BCUT2D eigenvalue weighted by atomic mass is 10.4. The van der Waals surface area contributed by atoms with E-state index in [1.165, 1.54) is 65.4 Å². The summed E-state index contributed by atoms with van der Waals surface area (Å²) in [5, 5.41) is 0. The molecule has 2 heterocycles. The summed E-state index contributed by atoms with van der Waals surface area (Å²) in [4.78, 5) is 10.2. The average Bonchev–Trinajstić information content (AvgIpc) is 2.41. The molecule has 2 rings (SSSR count). The van der Waals surface area contributed by atoms with Gasteiger partial charge < -0.3 is 9.80 Å². The van der Waals surface area contributed by atoms with Crippen molar-refractivity contribution in [1.29, 1.82) is 0 Å². The fraction of sp³-hybridized carbons (Fsp3) is 1.00. The lowest BCUT2D eigenvalue weighted by molar-refractivity contribution is 0.206. The van der Waals surface area contributed by atoms with Crippen LogP contribution in [-0.2, 0) is 0 Å². The topological polar surface area (TPSA) is 13.0 Å². The first-order valence-corrected chi connectivity index (χ1v) is 6.56. The number of likely N-dealkylation sites (N-methyl/N-ethyl adjacent to an activating group) is 2. The van der Waals surface area contributed by atoms with Gasteiger partial charge in [0.05, 0.1) is 0 Å². The second-order valence-corrected chi connectivity index (χ2v) is 5.29. The van der Waals surface area contributed by atoms with E-state index in [9.17, 15) is 0 Å². The lowest BCUT2D eigenvalue weighted by Crippen LogP contribution is -2.39. The lowest BCUT2D eigenvalue weighted by Gasteiger charge is -2.26. The van der Waals surface area contributed by atoms with E-state index in [0.29, 0.717) is 0 Å². The van der Waals surface area contributed by atoms with Crippen molar-refractivity contribution in [3.8, 4) is 0 Å². The summed E-state index contributed by atoms with van der Waals surface area (Å²) in [6.45, 7) is 12.3. The third kappa shape index (κ3) is 3.70. The van der Waals surface area contributed by atoms with E-state index in [-0.39, 0.29) is 0 Å². The Hall–Kier alpha value is -0.160. The van der Waals surface area contributed by atoms with Gasteiger partial charge in [-0.25, -0.2) is 0 Å². The van der Waals surface area contributed by atoms with Crippen molar-refractivity contribution in [3.05, 3.63) is 0 Å². The maximum Gasteiger partial charge on any atom is 0.0110 e. The minimum absolute atomic E-state index is 1.22. The van der Waals surface area contributed by atoms with Crippen LogP contribution >= 0.6 is 0 Å². The van der Waals surface area contributed by atoms with Crippen LogP contribution in [0, 0.1) is 0 Å². The Morgan fingerprint density at radius 2 is 0.688 bits per heavy atom. The van der Waals surface area contributed by atoms with Crippen LogP contribution in [0.4, 0.5) is 0 Å². The molecule has 2 fully saturated rings. The van der Waals surface area contributed by atoms with Crippen molar-refractivity contribution in [3.63, 3.8) is 0 Å². The predicted molar refractivity (Wildman–Crippen MR) is 67.9 cm³/mol. The van der Waals surface area contributed by atoms with E-state index < -0.39 is 0 Å². The van der Waals surface area contributed by atoms with E-state index >= 15 is 0 Å². The highest BCUT2D eigenvalue weighted by molar-refractivity contribution is 4.73. The maximum absolute atomic E-state index is 2.62. The third-order valence-electron chi connectivity index (χ3n) is 3.92. The summed E-state index contributed by atoms with van der Waals surface area (Å²) in [7, 11) is 4.50. The zero-order valence-corrected chi connectivity index (χ0v) is 10.9. The van der Waals surface area contributed by atoms with Crippen molar-refractivity contribution in [2.45, 2.75) is 0 Å². The van der Waals surface area contributed by atoms with Gasteiger partial charge in [-0.1, -0.05) is 0 Å².